The molecule has 0 aliphatic carbocycles. The molecule has 0 atom stereocenters. The van der Waals surface area contributed by atoms with E-state index in [-0.39, 0.29) is 56.0 Å². The van der Waals surface area contributed by atoms with E-state index in [1.165, 1.54) is 4.57 Å². The van der Waals surface area contributed by atoms with E-state index in [1.807, 2.05) is 111 Å². The predicted molar refractivity (Wildman–Crippen MR) is 314 cm³/mol. The zero-order valence-corrected chi connectivity index (χ0v) is 43.1. The van der Waals surface area contributed by atoms with Crippen molar-refractivity contribution in [2.24, 2.45) is 0 Å². The molecule has 0 saturated heterocycles. The van der Waals surface area contributed by atoms with Gasteiger partial charge in [0.25, 0.3) is 6.33 Å². The average Bonchev–Trinajstić information content (AvgIpc) is 1.75. The van der Waals surface area contributed by atoms with Crippen LogP contribution in [0.25, 0.3) is 99.8 Å². The first-order valence-corrected chi connectivity index (χ1v) is 25.4. The molecule has 13 aromatic rings. The number of benzene rings is 9. The van der Waals surface area contributed by atoms with Crippen LogP contribution in [0, 0.1) is 6.33 Å². The second-order valence-electron chi connectivity index (χ2n) is 21.2. The number of aromatic nitrogens is 5. The quantitative estimate of drug-likeness (QED) is 0.107. The number of fused-ring (bicyclic) bond motifs is 7. The number of ether oxygens (including phenoxy) is 1. The number of aryl methyl sites for hydroxylation is 1. The van der Waals surface area contributed by atoms with Gasteiger partial charge in [-0.15, -0.1) is 0 Å². The number of hydrogen-bond donors (Lipinski definition) is 0. The molecular formula is C70H59N5O. The van der Waals surface area contributed by atoms with Gasteiger partial charge in [-0.2, -0.15) is 0 Å². The highest BCUT2D eigenvalue weighted by molar-refractivity contribution is 6.16. The van der Waals surface area contributed by atoms with E-state index in [0.717, 1.165) is 45.1 Å². The lowest BCUT2D eigenvalue weighted by atomic mass is 9.78. The van der Waals surface area contributed by atoms with E-state index in [9.17, 15) is 8.22 Å². The molecule has 76 heavy (non-hydrogen) atoms. The standard InChI is InChI=1S/C70H59N5O/c1-8-46-36-37-71-66(38-46)75-61-33-17-14-28-58(61)67-64(74-59-31-15-12-26-56(59)57-27-13-16-32-60(57)74)43-53(44-65(67)75)76-52-25-20-24-51(42-52)72-45-73(63-35-19-18-34-62(63)72)68-54(47-22-10-9-11-23-47)29-21-30-55(68)48-39-49(69(2,3)4)41-50(40-48)70(5,6)7/h9-44H,8H2,1-7H3/i9D,10D,11D,12D,13D,15D,16D,22D,23D,26D,27D,31D,32D. The zero-order valence-electron chi connectivity index (χ0n) is 56.1. The smallest absolute Gasteiger partial charge is 0.269 e. The van der Waals surface area contributed by atoms with Crippen LogP contribution in [0.3, 0.4) is 0 Å². The van der Waals surface area contributed by atoms with Gasteiger partial charge in [-0.1, -0.05) is 200 Å². The fraction of sp³-hybridized carbons (Fsp3) is 0.143. The lowest BCUT2D eigenvalue weighted by Gasteiger charge is -2.27. The van der Waals surface area contributed by atoms with Gasteiger partial charge in [0.1, 0.15) is 17.3 Å². The van der Waals surface area contributed by atoms with Crippen molar-refractivity contribution in [3.63, 3.8) is 0 Å². The van der Waals surface area contributed by atoms with Crippen LogP contribution >= 0.6 is 0 Å². The number of pyridine rings is 1. The van der Waals surface area contributed by atoms with Gasteiger partial charge in [-0.3, -0.25) is 13.7 Å². The minimum atomic E-state index is -0.549. The lowest BCUT2D eigenvalue weighted by molar-refractivity contribution is -0.571. The van der Waals surface area contributed by atoms with Crippen LogP contribution in [0.1, 0.15) is 83.0 Å². The largest absolute Gasteiger partial charge is 0.458 e. The van der Waals surface area contributed by atoms with Crippen LogP contribution in [-0.2, 0) is 17.3 Å². The molecule has 6 nitrogen and oxygen atoms in total. The van der Waals surface area contributed by atoms with Gasteiger partial charge >= 0.3 is 0 Å². The minimum absolute atomic E-state index is 0.0369. The fourth-order valence-electron chi connectivity index (χ4n) is 10.5. The second kappa shape index (κ2) is 18.1. The van der Waals surface area contributed by atoms with Crippen molar-refractivity contribution in [2.45, 2.75) is 65.7 Å². The van der Waals surface area contributed by atoms with E-state index in [4.69, 9.17) is 19.3 Å². The molecule has 0 aliphatic rings. The van der Waals surface area contributed by atoms with E-state index in [1.54, 1.807) is 24.4 Å². The van der Waals surface area contributed by atoms with Gasteiger partial charge in [0.2, 0.25) is 0 Å². The zero-order chi connectivity index (χ0) is 63.2. The van der Waals surface area contributed by atoms with E-state index < -0.39 is 66.5 Å². The van der Waals surface area contributed by atoms with Crippen LogP contribution in [-0.4, -0.2) is 18.7 Å². The molecule has 0 unspecified atom stereocenters. The summed E-state index contributed by atoms with van der Waals surface area (Å²) in [5.74, 6) is 1.21. The Bertz CT molecular complexity index is 5050. The third-order valence-corrected chi connectivity index (χ3v) is 14.3. The van der Waals surface area contributed by atoms with Crippen LogP contribution in [0.15, 0.2) is 218 Å². The maximum absolute atomic E-state index is 9.50. The molecule has 4 heterocycles. The van der Waals surface area contributed by atoms with Gasteiger partial charge in [0, 0.05) is 39.9 Å². The number of para-hydroxylation sites is 6. The third kappa shape index (κ3) is 7.95. The summed E-state index contributed by atoms with van der Waals surface area (Å²) in [6.45, 7) is 15.1. The first-order chi connectivity index (χ1) is 42.3. The van der Waals surface area contributed by atoms with E-state index in [0.29, 0.717) is 56.1 Å². The number of hydrogen-bond acceptors (Lipinski definition) is 2. The normalized spacial score (nSPS) is 14.6. The second-order valence-corrected chi connectivity index (χ2v) is 21.2. The summed E-state index contributed by atoms with van der Waals surface area (Å²) in [6.07, 6.45) is 6.13. The molecule has 0 bridgehead atoms. The lowest BCUT2D eigenvalue weighted by Crippen LogP contribution is -2.31. The maximum atomic E-state index is 9.50. The van der Waals surface area contributed by atoms with Gasteiger partial charge in [0.05, 0.1) is 68.0 Å². The Labute approximate surface area is 462 Å². The minimum Gasteiger partial charge on any atom is -0.458 e. The molecular weight excluding hydrogens is 927 g/mol. The Morgan fingerprint density at radius 1 is 0.539 bits per heavy atom. The Morgan fingerprint density at radius 2 is 1.18 bits per heavy atom. The maximum Gasteiger partial charge on any atom is 0.269 e. The molecule has 0 saturated carbocycles. The molecule has 0 spiro atoms. The van der Waals surface area contributed by atoms with Gasteiger partial charge in [0.15, 0.2) is 0 Å². The molecule has 0 radical (unpaired) electrons. The molecule has 0 amide bonds. The number of rotatable bonds is 9. The summed E-state index contributed by atoms with van der Waals surface area (Å²) in [4.78, 5) is 4.88. The molecule has 0 fully saturated rings. The van der Waals surface area contributed by atoms with Crippen LogP contribution in [0.5, 0.6) is 11.5 Å². The summed E-state index contributed by atoms with van der Waals surface area (Å²) >= 11 is 0. The highest BCUT2D eigenvalue weighted by Gasteiger charge is 2.26. The van der Waals surface area contributed by atoms with Crippen molar-refractivity contribution in [1.82, 2.24) is 18.7 Å². The molecule has 370 valence electrons. The van der Waals surface area contributed by atoms with E-state index in [2.05, 4.69) is 73.0 Å². The van der Waals surface area contributed by atoms with Gasteiger partial charge in [-0.25, -0.2) is 4.98 Å². The van der Waals surface area contributed by atoms with Crippen LogP contribution in [0.4, 0.5) is 0 Å². The monoisotopic (exact) mass is 999 g/mol. The Morgan fingerprint density at radius 3 is 1.89 bits per heavy atom. The van der Waals surface area contributed by atoms with Crippen molar-refractivity contribution in [3.8, 4) is 56.6 Å². The van der Waals surface area contributed by atoms with E-state index >= 15 is 0 Å². The topological polar surface area (TPSA) is 40.8 Å². The SMILES string of the molecule is [2H]c1c([2H])c([2H])c(-c2cccc(-c3cc(C(C)(C)C)cc(C(C)(C)C)c3)c2-[n+]2[c-]n(-c3cccc(Oc4cc(-n5c6c([2H])c([2H])c([2H])c([2H])c6c6c([2H])c([2H])c([2H])c([2H])c65)c5c6ccccc6n(-c6cc(CC)ccn6)c5c4)c3)c3ccccc32)c([2H])c1[2H]. The van der Waals surface area contributed by atoms with Crippen LogP contribution < -0.4 is 9.30 Å². The van der Waals surface area contributed by atoms with Gasteiger partial charge < -0.3 is 9.30 Å². The van der Waals surface area contributed by atoms with Crippen molar-refractivity contribution in [1.29, 1.82) is 0 Å². The summed E-state index contributed by atoms with van der Waals surface area (Å²) in [7, 11) is 0. The number of nitrogens with zero attached hydrogens (tertiary/aromatic N) is 5. The highest BCUT2D eigenvalue weighted by atomic mass is 16.5. The highest BCUT2D eigenvalue weighted by Crippen LogP contribution is 2.44. The molecule has 13 rings (SSSR count). The summed E-state index contributed by atoms with van der Waals surface area (Å²) < 4.78 is 132. The van der Waals surface area contributed by atoms with Crippen molar-refractivity contribution < 1.29 is 27.1 Å². The summed E-state index contributed by atoms with van der Waals surface area (Å²) in [5, 5.41) is 1.19. The summed E-state index contributed by atoms with van der Waals surface area (Å²) in [6, 6.07) is 36.5. The van der Waals surface area contributed by atoms with Crippen LogP contribution in [0.2, 0.25) is 0 Å². The molecule has 0 N–H and O–H groups in total. The first kappa shape index (κ1) is 34.5. The molecule has 0 aliphatic heterocycles. The Balaban J connectivity index is 1.07. The van der Waals surface area contributed by atoms with Crippen molar-refractivity contribution in [2.75, 3.05) is 0 Å². The first-order valence-electron chi connectivity index (χ1n) is 31.9. The van der Waals surface area contributed by atoms with Crippen molar-refractivity contribution in [3.05, 3.63) is 241 Å². The number of imidazole rings is 1. The van der Waals surface area contributed by atoms with Gasteiger partial charge in [-0.05, 0) is 105 Å². The molecule has 6 heteroatoms. The Kier molecular flexibility index (Phi) is 8.23. The predicted octanol–water partition coefficient (Wildman–Crippen LogP) is 17.6. The summed E-state index contributed by atoms with van der Waals surface area (Å²) in [5.41, 5.74) is 8.82. The third-order valence-electron chi connectivity index (χ3n) is 14.3. The average molecular weight is 999 g/mol. The molecule has 4 aromatic heterocycles. The van der Waals surface area contributed by atoms with Crippen molar-refractivity contribution >= 4 is 54.6 Å². The fourth-order valence-corrected chi connectivity index (χ4v) is 10.5. The Hall–Kier alpha value is -9.00. The molecule has 9 aromatic carbocycles.